The maximum absolute atomic E-state index is 14.5. The number of nitrogens with two attached hydrogens (primary N) is 1. The van der Waals surface area contributed by atoms with E-state index in [1.807, 2.05) is 19.1 Å². The molecule has 1 saturated carbocycles. The van der Waals surface area contributed by atoms with Gasteiger partial charge in [0.25, 0.3) is 5.91 Å². The Morgan fingerprint density at radius 1 is 1.07 bits per heavy atom. The monoisotopic (exact) mass is 606 g/mol. The molecule has 3 aromatic rings. The van der Waals surface area contributed by atoms with Gasteiger partial charge in [-0.2, -0.15) is 13.2 Å². The summed E-state index contributed by atoms with van der Waals surface area (Å²) in [6.07, 6.45) is 4.08. The van der Waals surface area contributed by atoms with E-state index in [-0.39, 0.29) is 40.4 Å². The number of alkyl halides is 3. The Kier molecular flexibility index (Phi) is 8.00. The number of aliphatic hydroxyl groups is 1. The Morgan fingerprint density at radius 2 is 1.80 bits per heavy atom. The summed E-state index contributed by atoms with van der Waals surface area (Å²) in [5.41, 5.74) is 7.75. The molecule has 5 N–H and O–H groups in total. The molecule has 1 aromatic heterocycles. The number of piperidine rings is 1. The van der Waals surface area contributed by atoms with E-state index in [4.69, 9.17) is 5.73 Å². The number of rotatable bonds is 7. The van der Waals surface area contributed by atoms with Gasteiger partial charge in [0.15, 0.2) is 11.5 Å². The summed E-state index contributed by atoms with van der Waals surface area (Å²) in [6.45, 7) is 2.84. The minimum absolute atomic E-state index is 0.0134. The first-order chi connectivity index (χ1) is 21.1. The third kappa shape index (κ3) is 5.85. The molecule has 8 nitrogen and oxygen atoms in total. The first-order valence-corrected chi connectivity index (χ1v) is 15.2. The number of hydrogen-bond acceptors (Lipinski definition) is 7. The van der Waals surface area contributed by atoms with Crippen LogP contribution in [-0.2, 0) is 18.0 Å². The first-order valence-electron chi connectivity index (χ1n) is 15.2. The van der Waals surface area contributed by atoms with Crippen molar-refractivity contribution in [2.24, 2.45) is 5.73 Å². The van der Waals surface area contributed by atoms with Gasteiger partial charge in [-0.15, -0.1) is 0 Å². The summed E-state index contributed by atoms with van der Waals surface area (Å²) in [4.78, 5) is 23.2. The molecule has 2 fully saturated rings. The molecule has 232 valence electrons. The van der Waals surface area contributed by atoms with Crippen LogP contribution in [0.1, 0.15) is 78.3 Å². The van der Waals surface area contributed by atoms with Gasteiger partial charge in [0.1, 0.15) is 5.82 Å². The van der Waals surface area contributed by atoms with Gasteiger partial charge in [0.2, 0.25) is 0 Å². The van der Waals surface area contributed by atoms with Crippen LogP contribution >= 0.6 is 0 Å². The zero-order chi connectivity index (χ0) is 31.1. The van der Waals surface area contributed by atoms with Crippen LogP contribution in [-0.4, -0.2) is 46.2 Å². The molecule has 11 heteroatoms. The summed E-state index contributed by atoms with van der Waals surface area (Å²) < 4.78 is 43.4. The van der Waals surface area contributed by atoms with Gasteiger partial charge in [-0.3, -0.25) is 4.79 Å². The molecule has 44 heavy (non-hydrogen) atoms. The molecular weight excluding hydrogens is 569 g/mol. The Balaban J connectivity index is 1.26. The molecule has 0 radical (unpaired) electrons. The van der Waals surface area contributed by atoms with Gasteiger partial charge < -0.3 is 26.4 Å². The summed E-state index contributed by atoms with van der Waals surface area (Å²) in [5, 5.41) is 16.1. The number of carbonyl (C=O) groups is 1. The van der Waals surface area contributed by atoms with Crippen LogP contribution in [0.5, 0.6) is 0 Å². The molecule has 0 atom stereocenters. The van der Waals surface area contributed by atoms with E-state index in [2.05, 4.69) is 44.9 Å². The minimum atomic E-state index is -4.61. The number of hydrogen-bond donors (Lipinski definition) is 4. The number of fused-ring (bicyclic) bond motifs is 2. The number of nitrogens with zero attached hydrogens (tertiary/aromatic N) is 3. The van der Waals surface area contributed by atoms with Crippen LogP contribution in [0.15, 0.2) is 48.5 Å². The Hall–Kier alpha value is -4.12. The predicted octanol–water partition coefficient (Wildman–Crippen LogP) is 6.18. The Bertz CT molecular complexity index is 1570. The van der Waals surface area contributed by atoms with Gasteiger partial charge in [0.05, 0.1) is 17.4 Å². The highest BCUT2D eigenvalue weighted by Gasteiger charge is 2.41. The molecule has 2 heterocycles. The van der Waals surface area contributed by atoms with E-state index < -0.39 is 17.6 Å². The second-order valence-corrected chi connectivity index (χ2v) is 12.0. The molecular formula is C33H37F3N6O2. The third-order valence-corrected chi connectivity index (χ3v) is 9.21. The second kappa shape index (κ2) is 11.8. The molecule has 1 spiro atoms. The lowest BCUT2D eigenvalue weighted by atomic mass is 9.74. The maximum atomic E-state index is 14.5. The fraction of sp³-hybridized carbons (Fsp3) is 0.424. The average Bonchev–Trinajstić information content (AvgIpc) is 3.36. The van der Waals surface area contributed by atoms with E-state index in [0.29, 0.717) is 43.9 Å². The highest BCUT2D eigenvalue weighted by atomic mass is 19.4. The quantitative estimate of drug-likeness (QED) is 0.254. The molecule has 2 aliphatic carbocycles. The highest BCUT2D eigenvalue weighted by Crippen LogP contribution is 2.46. The van der Waals surface area contributed by atoms with E-state index >= 15 is 0 Å². The number of anilines is 4. The van der Waals surface area contributed by atoms with Gasteiger partial charge >= 0.3 is 6.18 Å². The zero-order valence-electron chi connectivity index (χ0n) is 24.6. The van der Waals surface area contributed by atoms with E-state index in [9.17, 15) is 23.1 Å². The summed E-state index contributed by atoms with van der Waals surface area (Å²) in [5.74, 6) is -0.404. The number of primary amides is 1. The smallest absolute Gasteiger partial charge is 0.393 e. The lowest BCUT2D eigenvalue weighted by Gasteiger charge is -2.41. The molecule has 6 rings (SSSR count). The number of aliphatic hydroxyl groups excluding tert-OH is 1. The lowest BCUT2D eigenvalue weighted by molar-refractivity contribution is -0.137. The first kappa shape index (κ1) is 29.9. The van der Waals surface area contributed by atoms with Gasteiger partial charge in [-0.1, -0.05) is 43.3 Å². The number of nitrogens with one attached hydrogen (secondary N) is 2. The number of benzene rings is 2. The standard InChI is InChI=1S/C33H37F3N6O2/c1-2-26-30(38-21-7-10-23(43)11-8-21)41-31(28(40-26)29(37)44)39-22-9-12-27(25(19-22)33(34,35)36)42-17-15-32(16-18-42)14-13-20-5-3-4-6-24(20)32/h3-6,9,12-14,19,21,23,43H,2,7-8,10-11,15-18H2,1H3,(H2,37,44)(H2,38,39,41). The SMILES string of the molecule is CCc1nc(C(N)=O)c(Nc2ccc(N3CCC4(C=Cc5ccccc54)CC3)c(C(F)(F)F)c2)nc1NC1CCC(O)CC1. The minimum Gasteiger partial charge on any atom is -0.393 e. The van der Waals surface area contributed by atoms with Gasteiger partial charge in [0, 0.05) is 35.9 Å². The highest BCUT2D eigenvalue weighted by molar-refractivity contribution is 5.96. The van der Waals surface area contributed by atoms with Crippen molar-refractivity contribution >= 4 is 35.0 Å². The number of carbonyl (C=O) groups excluding carboxylic acids is 1. The van der Waals surface area contributed by atoms with Gasteiger partial charge in [-0.05, 0) is 74.3 Å². The van der Waals surface area contributed by atoms with Crippen LogP contribution in [0.25, 0.3) is 6.08 Å². The molecule has 1 saturated heterocycles. The zero-order valence-corrected chi connectivity index (χ0v) is 24.6. The molecule has 1 amide bonds. The van der Waals surface area contributed by atoms with Crippen molar-refractivity contribution in [3.63, 3.8) is 0 Å². The Labute approximate surface area is 254 Å². The van der Waals surface area contributed by atoms with Crippen molar-refractivity contribution in [3.05, 3.63) is 76.6 Å². The topological polar surface area (TPSA) is 116 Å². The number of aryl methyl sites for hydroxylation is 1. The fourth-order valence-electron chi connectivity index (χ4n) is 6.78. The molecule has 2 aromatic carbocycles. The van der Waals surface area contributed by atoms with E-state index in [1.165, 1.54) is 17.2 Å². The van der Waals surface area contributed by atoms with Crippen molar-refractivity contribution < 1.29 is 23.1 Å². The van der Waals surface area contributed by atoms with Gasteiger partial charge in [-0.25, -0.2) is 9.97 Å². The number of aromatic nitrogens is 2. The van der Waals surface area contributed by atoms with Crippen LogP contribution in [0.3, 0.4) is 0 Å². The Morgan fingerprint density at radius 3 is 2.48 bits per heavy atom. The molecule has 1 aliphatic heterocycles. The average molecular weight is 607 g/mol. The van der Waals surface area contributed by atoms with E-state index in [0.717, 1.165) is 31.7 Å². The fourth-order valence-corrected chi connectivity index (χ4v) is 6.78. The van der Waals surface area contributed by atoms with Crippen molar-refractivity contribution in [2.45, 2.75) is 75.6 Å². The predicted molar refractivity (Wildman–Crippen MR) is 165 cm³/mol. The summed E-state index contributed by atoms with van der Waals surface area (Å²) in [6, 6.07) is 12.4. The summed E-state index contributed by atoms with van der Waals surface area (Å²) >= 11 is 0. The number of amides is 1. The normalized spacial score (nSPS) is 20.9. The van der Waals surface area contributed by atoms with Crippen LogP contribution < -0.4 is 21.3 Å². The van der Waals surface area contributed by atoms with Crippen LogP contribution in [0.4, 0.5) is 36.2 Å². The summed E-state index contributed by atoms with van der Waals surface area (Å²) in [7, 11) is 0. The van der Waals surface area contributed by atoms with E-state index in [1.54, 1.807) is 11.0 Å². The van der Waals surface area contributed by atoms with Crippen molar-refractivity contribution in [1.82, 2.24) is 9.97 Å². The molecule has 0 bridgehead atoms. The molecule has 3 aliphatic rings. The second-order valence-electron chi connectivity index (χ2n) is 12.0. The largest absolute Gasteiger partial charge is 0.418 e. The van der Waals surface area contributed by atoms with Crippen LogP contribution in [0, 0.1) is 0 Å². The van der Waals surface area contributed by atoms with Crippen LogP contribution in [0.2, 0.25) is 0 Å². The maximum Gasteiger partial charge on any atom is 0.418 e. The third-order valence-electron chi connectivity index (χ3n) is 9.21. The lowest BCUT2D eigenvalue weighted by Crippen LogP contribution is -2.41. The molecule has 0 unspecified atom stereocenters. The number of allylic oxidation sites excluding steroid dienone is 1. The van der Waals surface area contributed by atoms with Crippen molar-refractivity contribution in [3.8, 4) is 0 Å². The van der Waals surface area contributed by atoms with Crippen molar-refractivity contribution in [1.29, 1.82) is 0 Å². The van der Waals surface area contributed by atoms with Crippen molar-refractivity contribution in [2.75, 3.05) is 28.6 Å². The number of halogens is 3.